The highest BCUT2D eigenvalue weighted by molar-refractivity contribution is 14.0. The van der Waals surface area contributed by atoms with Gasteiger partial charge < -0.3 is 15.5 Å². The van der Waals surface area contributed by atoms with Crippen LogP contribution >= 0.6 is 35.3 Å². The van der Waals surface area contributed by atoms with Gasteiger partial charge in [-0.2, -0.15) is 0 Å². The van der Waals surface area contributed by atoms with Gasteiger partial charge >= 0.3 is 0 Å². The van der Waals surface area contributed by atoms with Crippen molar-refractivity contribution in [2.75, 3.05) is 20.6 Å². The minimum absolute atomic E-state index is 0. The van der Waals surface area contributed by atoms with Gasteiger partial charge in [-0.15, -0.1) is 35.3 Å². The average Bonchev–Trinajstić information content (AvgIpc) is 2.95. The van der Waals surface area contributed by atoms with Crippen LogP contribution in [0.1, 0.15) is 27.8 Å². The molecule has 0 unspecified atom stereocenters. The lowest BCUT2D eigenvalue weighted by Crippen LogP contribution is -2.36. The van der Waals surface area contributed by atoms with Crippen LogP contribution in [0.15, 0.2) is 41.4 Å². The molecular weight excluding hydrogens is 443 g/mol. The van der Waals surface area contributed by atoms with Crippen molar-refractivity contribution in [1.82, 2.24) is 15.5 Å². The molecule has 0 spiro atoms. The molecular formula is C19H29IN4S. The lowest BCUT2D eigenvalue weighted by atomic mass is 10.1. The minimum Gasteiger partial charge on any atom is -0.357 e. The van der Waals surface area contributed by atoms with Gasteiger partial charge in [0.25, 0.3) is 0 Å². The predicted molar refractivity (Wildman–Crippen MR) is 120 cm³/mol. The zero-order chi connectivity index (χ0) is 17.4. The lowest BCUT2D eigenvalue weighted by Gasteiger charge is -2.12. The lowest BCUT2D eigenvalue weighted by molar-refractivity contribution is 0.402. The Bertz CT molecular complexity index is 667. The van der Waals surface area contributed by atoms with Crippen LogP contribution in [-0.4, -0.2) is 31.5 Å². The maximum Gasteiger partial charge on any atom is 0.191 e. The van der Waals surface area contributed by atoms with Crippen molar-refractivity contribution in [2.24, 2.45) is 4.99 Å². The molecule has 0 bridgehead atoms. The van der Waals surface area contributed by atoms with Crippen molar-refractivity contribution in [3.05, 3.63) is 57.3 Å². The first kappa shape index (κ1) is 21.9. The normalized spacial score (nSPS) is 11.3. The van der Waals surface area contributed by atoms with E-state index in [9.17, 15) is 0 Å². The van der Waals surface area contributed by atoms with Crippen molar-refractivity contribution in [1.29, 1.82) is 0 Å². The third-order valence-corrected chi connectivity index (χ3v) is 4.48. The molecule has 25 heavy (non-hydrogen) atoms. The molecule has 0 aliphatic heterocycles. The van der Waals surface area contributed by atoms with Crippen molar-refractivity contribution in [3.8, 4) is 0 Å². The van der Waals surface area contributed by atoms with E-state index < -0.39 is 0 Å². The Morgan fingerprint density at radius 2 is 1.88 bits per heavy atom. The molecule has 0 atom stereocenters. The minimum atomic E-state index is 0. The number of hydrogen-bond acceptors (Lipinski definition) is 3. The molecule has 4 nitrogen and oxygen atoms in total. The summed E-state index contributed by atoms with van der Waals surface area (Å²) >= 11 is 1.82. The second kappa shape index (κ2) is 11.5. The monoisotopic (exact) mass is 472 g/mol. The summed E-state index contributed by atoms with van der Waals surface area (Å²) in [6.07, 6.45) is 0. The summed E-state index contributed by atoms with van der Waals surface area (Å²) in [5.74, 6) is 0.863. The van der Waals surface area contributed by atoms with E-state index in [0.29, 0.717) is 6.54 Å². The molecule has 1 heterocycles. The van der Waals surface area contributed by atoms with Gasteiger partial charge in [-0.1, -0.05) is 24.3 Å². The summed E-state index contributed by atoms with van der Waals surface area (Å²) < 4.78 is 0. The fourth-order valence-electron chi connectivity index (χ4n) is 2.45. The Morgan fingerprint density at radius 3 is 2.52 bits per heavy atom. The number of benzene rings is 1. The average molecular weight is 472 g/mol. The molecule has 0 amide bonds. The van der Waals surface area contributed by atoms with E-state index in [1.165, 1.54) is 20.9 Å². The quantitative estimate of drug-likeness (QED) is 0.364. The molecule has 6 heteroatoms. The van der Waals surface area contributed by atoms with E-state index in [2.05, 4.69) is 79.9 Å². The molecule has 0 aliphatic carbocycles. The molecule has 0 fully saturated rings. The molecule has 0 radical (unpaired) electrons. The third kappa shape index (κ3) is 8.20. The fourth-order valence-corrected chi connectivity index (χ4v) is 3.28. The Balaban J connectivity index is 0.00000312. The number of guanidine groups is 1. The molecule has 1 aromatic heterocycles. The topological polar surface area (TPSA) is 39.7 Å². The van der Waals surface area contributed by atoms with Crippen LogP contribution in [0, 0.1) is 6.92 Å². The first-order chi connectivity index (χ1) is 11.6. The highest BCUT2D eigenvalue weighted by atomic mass is 127. The number of nitrogens with one attached hydrogen (secondary N) is 2. The van der Waals surface area contributed by atoms with Gasteiger partial charge in [0.05, 0.1) is 13.1 Å². The van der Waals surface area contributed by atoms with Crippen LogP contribution in [0.5, 0.6) is 0 Å². The maximum atomic E-state index is 4.71. The maximum absolute atomic E-state index is 4.71. The molecule has 0 saturated heterocycles. The highest BCUT2D eigenvalue weighted by Crippen LogP contribution is 2.14. The molecule has 2 N–H and O–H groups in total. The van der Waals surface area contributed by atoms with E-state index >= 15 is 0 Å². The molecule has 0 saturated carbocycles. The summed E-state index contributed by atoms with van der Waals surface area (Å²) in [5.41, 5.74) is 2.55. The van der Waals surface area contributed by atoms with Crippen molar-refractivity contribution in [3.63, 3.8) is 0 Å². The van der Waals surface area contributed by atoms with Crippen LogP contribution < -0.4 is 10.6 Å². The molecule has 2 rings (SSSR count). The predicted octanol–water partition coefficient (Wildman–Crippen LogP) is 3.99. The van der Waals surface area contributed by atoms with Crippen LogP contribution in [-0.2, 0) is 19.6 Å². The first-order valence-corrected chi connectivity index (χ1v) is 9.18. The second-order valence-corrected chi connectivity index (χ2v) is 7.49. The first-order valence-electron chi connectivity index (χ1n) is 8.37. The number of aliphatic imine (C=N–C) groups is 1. The van der Waals surface area contributed by atoms with Gasteiger partial charge in [-0.05, 0) is 51.2 Å². The Kier molecular flexibility index (Phi) is 10.1. The summed E-state index contributed by atoms with van der Waals surface area (Å²) in [6.45, 7) is 7.52. The van der Waals surface area contributed by atoms with E-state index in [-0.39, 0.29) is 24.0 Å². The second-order valence-electron chi connectivity index (χ2n) is 6.12. The van der Waals surface area contributed by atoms with Gasteiger partial charge in [0.15, 0.2) is 5.96 Å². The summed E-state index contributed by atoms with van der Waals surface area (Å²) in [6, 6.07) is 13.0. The van der Waals surface area contributed by atoms with E-state index in [0.717, 1.165) is 25.6 Å². The van der Waals surface area contributed by atoms with Crippen LogP contribution in [0.2, 0.25) is 0 Å². The Morgan fingerprint density at radius 1 is 1.12 bits per heavy atom. The van der Waals surface area contributed by atoms with Gasteiger partial charge in [0, 0.05) is 22.8 Å². The summed E-state index contributed by atoms with van der Waals surface area (Å²) in [4.78, 5) is 9.55. The molecule has 2 aromatic rings. The van der Waals surface area contributed by atoms with Crippen LogP contribution in [0.3, 0.4) is 0 Å². The standard InChI is InChI=1S/C19H28N4S.HI/c1-5-20-19(22-13-18-10-9-15(2)24-18)21-12-16-7-6-8-17(11-16)14-23(3)4;/h6-11H,5,12-14H2,1-4H3,(H2,20,21,22);1H. The van der Waals surface area contributed by atoms with E-state index in [4.69, 9.17) is 4.99 Å². The number of halogens is 1. The molecule has 138 valence electrons. The smallest absolute Gasteiger partial charge is 0.191 e. The zero-order valence-electron chi connectivity index (χ0n) is 15.5. The number of hydrogen-bond donors (Lipinski definition) is 2. The van der Waals surface area contributed by atoms with Crippen molar-refractivity contribution >= 4 is 41.3 Å². The van der Waals surface area contributed by atoms with E-state index in [1.807, 2.05) is 11.3 Å². The largest absolute Gasteiger partial charge is 0.357 e. The Hall–Kier alpha value is -1.12. The number of thiophene rings is 1. The Labute approximate surface area is 172 Å². The van der Waals surface area contributed by atoms with Gasteiger partial charge in [-0.3, -0.25) is 0 Å². The zero-order valence-corrected chi connectivity index (χ0v) is 18.7. The fraction of sp³-hybridized carbons (Fsp3) is 0.421. The van der Waals surface area contributed by atoms with Crippen LogP contribution in [0.25, 0.3) is 0 Å². The number of aryl methyl sites for hydroxylation is 1. The van der Waals surface area contributed by atoms with Gasteiger partial charge in [-0.25, -0.2) is 4.99 Å². The number of rotatable bonds is 7. The highest BCUT2D eigenvalue weighted by Gasteiger charge is 2.02. The van der Waals surface area contributed by atoms with Crippen LogP contribution in [0.4, 0.5) is 0 Å². The molecule has 0 aliphatic rings. The molecule has 1 aromatic carbocycles. The third-order valence-electron chi connectivity index (χ3n) is 3.48. The van der Waals surface area contributed by atoms with Crippen molar-refractivity contribution in [2.45, 2.75) is 33.5 Å². The summed E-state index contributed by atoms with van der Waals surface area (Å²) in [7, 11) is 4.18. The SMILES string of the molecule is CCNC(=NCc1cccc(CN(C)C)c1)NCc1ccc(C)s1.I. The number of nitrogens with zero attached hydrogens (tertiary/aromatic N) is 2. The van der Waals surface area contributed by atoms with Crippen molar-refractivity contribution < 1.29 is 0 Å². The van der Waals surface area contributed by atoms with Gasteiger partial charge in [0.2, 0.25) is 0 Å². The summed E-state index contributed by atoms with van der Waals surface area (Å²) in [5, 5.41) is 6.72. The van der Waals surface area contributed by atoms with E-state index in [1.54, 1.807) is 0 Å². The van der Waals surface area contributed by atoms with Gasteiger partial charge in [0.1, 0.15) is 0 Å².